The minimum Gasteiger partial charge on any atom is -0.324 e. The fraction of sp³-hybridized carbons (Fsp3) is 0.562. The van der Waals surface area contributed by atoms with Crippen LogP contribution in [0.25, 0.3) is 0 Å². The molecule has 116 valence electrons. The van der Waals surface area contributed by atoms with Crippen molar-refractivity contribution in [1.29, 1.82) is 0 Å². The Labute approximate surface area is 136 Å². The molecule has 21 heavy (non-hydrogen) atoms. The summed E-state index contributed by atoms with van der Waals surface area (Å²) in [7, 11) is 0. The van der Waals surface area contributed by atoms with Crippen molar-refractivity contribution in [2.75, 3.05) is 11.9 Å². The number of hydrogen-bond acceptors (Lipinski definition) is 2. The number of benzene rings is 1. The predicted octanol–water partition coefficient (Wildman–Crippen LogP) is 4.58. The summed E-state index contributed by atoms with van der Waals surface area (Å²) in [6.45, 7) is 4.67. The second kappa shape index (κ2) is 7.48. The second-order valence-corrected chi connectivity index (χ2v) is 6.72. The van der Waals surface area contributed by atoms with Crippen LogP contribution >= 0.6 is 23.2 Å². The molecule has 1 aliphatic rings. The van der Waals surface area contributed by atoms with E-state index in [2.05, 4.69) is 24.1 Å². The van der Waals surface area contributed by atoms with Gasteiger partial charge in [0.2, 0.25) is 5.91 Å². The maximum Gasteiger partial charge on any atom is 0.238 e. The molecule has 0 saturated heterocycles. The standard InChI is InChI=1S/C16H22Cl2N2O/c1-11(2)20(13-5-3-4-6-13)10-16(21)19-15-9-12(17)7-8-14(15)18/h7-9,11,13H,3-6,10H2,1-2H3,(H,19,21). The lowest BCUT2D eigenvalue weighted by atomic mass is 10.1. The maximum atomic E-state index is 12.3. The first kappa shape index (κ1) is 16.6. The van der Waals surface area contributed by atoms with E-state index >= 15 is 0 Å². The number of anilines is 1. The highest BCUT2D eigenvalue weighted by atomic mass is 35.5. The largest absolute Gasteiger partial charge is 0.324 e. The summed E-state index contributed by atoms with van der Waals surface area (Å²) in [6.07, 6.45) is 4.89. The normalized spacial score (nSPS) is 15.9. The molecule has 1 fully saturated rings. The zero-order valence-electron chi connectivity index (χ0n) is 12.5. The van der Waals surface area contributed by atoms with Crippen LogP contribution in [0.1, 0.15) is 39.5 Å². The van der Waals surface area contributed by atoms with Crippen LogP contribution in [0.4, 0.5) is 5.69 Å². The molecule has 1 aromatic rings. The summed E-state index contributed by atoms with van der Waals surface area (Å²) in [5.41, 5.74) is 0.573. The molecule has 0 atom stereocenters. The maximum absolute atomic E-state index is 12.3. The highest BCUT2D eigenvalue weighted by molar-refractivity contribution is 6.35. The topological polar surface area (TPSA) is 32.3 Å². The van der Waals surface area contributed by atoms with Gasteiger partial charge >= 0.3 is 0 Å². The van der Waals surface area contributed by atoms with Gasteiger partial charge in [0.05, 0.1) is 17.3 Å². The van der Waals surface area contributed by atoms with E-state index in [1.54, 1.807) is 18.2 Å². The SMILES string of the molecule is CC(C)N(CC(=O)Nc1cc(Cl)ccc1Cl)C1CCCC1. The van der Waals surface area contributed by atoms with Gasteiger partial charge in [-0.15, -0.1) is 0 Å². The van der Waals surface area contributed by atoms with Gasteiger partial charge < -0.3 is 5.32 Å². The van der Waals surface area contributed by atoms with Gasteiger partial charge in [0.1, 0.15) is 0 Å². The average molecular weight is 329 g/mol. The molecule has 5 heteroatoms. The summed E-state index contributed by atoms with van der Waals surface area (Å²) >= 11 is 12.0. The monoisotopic (exact) mass is 328 g/mol. The lowest BCUT2D eigenvalue weighted by Gasteiger charge is -2.31. The minimum atomic E-state index is -0.0419. The highest BCUT2D eigenvalue weighted by Gasteiger charge is 2.26. The first-order valence-corrected chi connectivity index (χ1v) is 8.23. The van der Waals surface area contributed by atoms with E-state index in [1.807, 2.05) is 0 Å². The Balaban J connectivity index is 2.00. The van der Waals surface area contributed by atoms with Crippen LogP contribution in [0, 0.1) is 0 Å². The third-order valence-electron chi connectivity index (χ3n) is 3.99. The fourth-order valence-electron chi connectivity index (χ4n) is 2.92. The number of carbonyl (C=O) groups excluding carboxylic acids is 1. The van der Waals surface area contributed by atoms with Gasteiger partial charge in [0.25, 0.3) is 0 Å². The van der Waals surface area contributed by atoms with Crippen molar-refractivity contribution in [3.63, 3.8) is 0 Å². The summed E-state index contributed by atoms with van der Waals surface area (Å²) in [4.78, 5) is 14.6. The van der Waals surface area contributed by atoms with Crippen molar-refractivity contribution in [3.8, 4) is 0 Å². The van der Waals surface area contributed by atoms with E-state index in [1.165, 1.54) is 25.7 Å². The molecule has 1 amide bonds. The number of nitrogens with one attached hydrogen (secondary N) is 1. The van der Waals surface area contributed by atoms with Crippen molar-refractivity contribution in [2.24, 2.45) is 0 Å². The number of rotatable bonds is 5. The van der Waals surface area contributed by atoms with Crippen LogP contribution in [-0.4, -0.2) is 29.4 Å². The predicted molar refractivity (Wildman–Crippen MR) is 89.2 cm³/mol. The van der Waals surface area contributed by atoms with Crippen molar-refractivity contribution in [3.05, 3.63) is 28.2 Å². The van der Waals surface area contributed by atoms with Crippen LogP contribution in [0.5, 0.6) is 0 Å². The number of amides is 1. The molecule has 3 nitrogen and oxygen atoms in total. The van der Waals surface area contributed by atoms with Crippen molar-refractivity contribution < 1.29 is 4.79 Å². The molecule has 0 bridgehead atoms. The van der Waals surface area contributed by atoms with Crippen molar-refractivity contribution >= 4 is 34.8 Å². The molecule has 0 aliphatic heterocycles. The molecule has 0 aromatic heterocycles. The second-order valence-electron chi connectivity index (χ2n) is 5.88. The molecule has 0 radical (unpaired) electrons. The van der Waals surface area contributed by atoms with Crippen LogP contribution in [0.15, 0.2) is 18.2 Å². The highest BCUT2D eigenvalue weighted by Crippen LogP contribution is 2.27. The van der Waals surface area contributed by atoms with Gasteiger partial charge in [-0.25, -0.2) is 0 Å². The number of nitrogens with zero attached hydrogens (tertiary/aromatic N) is 1. The molecule has 2 rings (SSSR count). The van der Waals surface area contributed by atoms with E-state index in [9.17, 15) is 4.79 Å². The van der Waals surface area contributed by atoms with Gasteiger partial charge in [-0.1, -0.05) is 36.0 Å². The Hall–Kier alpha value is -0.770. The van der Waals surface area contributed by atoms with E-state index in [-0.39, 0.29) is 5.91 Å². The van der Waals surface area contributed by atoms with Gasteiger partial charge in [0.15, 0.2) is 0 Å². The molecule has 0 spiro atoms. The van der Waals surface area contributed by atoms with Crippen molar-refractivity contribution in [1.82, 2.24) is 4.90 Å². The number of halogens is 2. The summed E-state index contributed by atoms with van der Waals surface area (Å²) in [5, 5.41) is 3.93. The summed E-state index contributed by atoms with van der Waals surface area (Å²) in [5.74, 6) is -0.0419. The van der Waals surface area contributed by atoms with E-state index < -0.39 is 0 Å². The summed E-state index contributed by atoms with van der Waals surface area (Å²) in [6, 6.07) is 5.95. The molecule has 0 unspecified atom stereocenters. The van der Waals surface area contributed by atoms with E-state index in [0.717, 1.165) is 0 Å². The first-order chi connectivity index (χ1) is 9.97. The fourth-order valence-corrected chi connectivity index (χ4v) is 3.25. The van der Waals surface area contributed by atoms with Gasteiger partial charge in [-0.05, 0) is 44.9 Å². The van der Waals surface area contributed by atoms with E-state index in [4.69, 9.17) is 23.2 Å². The van der Waals surface area contributed by atoms with Gasteiger partial charge in [-0.3, -0.25) is 9.69 Å². The number of hydrogen-bond donors (Lipinski definition) is 1. The first-order valence-electron chi connectivity index (χ1n) is 7.48. The Kier molecular flexibility index (Phi) is 5.91. The third-order valence-corrected chi connectivity index (χ3v) is 4.55. The Morgan fingerprint density at radius 2 is 2.00 bits per heavy atom. The molecular formula is C16H22Cl2N2O. The van der Waals surface area contributed by atoms with Crippen LogP contribution in [0.2, 0.25) is 10.0 Å². The zero-order valence-corrected chi connectivity index (χ0v) is 14.0. The van der Waals surface area contributed by atoms with Gasteiger partial charge in [0, 0.05) is 17.1 Å². The van der Waals surface area contributed by atoms with Crippen LogP contribution in [0.3, 0.4) is 0 Å². The lowest BCUT2D eigenvalue weighted by molar-refractivity contribution is -0.118. The molecule has 1 aromatic carbocycles. The zero-order chi connectivity index (χ0) is 15.4. The molecule has 1 saturated carbocycles. The van der Waals surface area contributed by atoms with Crippen LogP contribution < -0.4 is 5.32 Å². The molecule has 0 heterocycles. The average Bonchev–Trinajstić information content (AvgIpc) is 2.93. The molecule has 1 N–H and O–H groups in total. The van der Waals surface area contributed by atoms with E-state index in [0.29, 0.717) is 34.4 Å². The summed E-state index contributed by atoms with van der Waals surface area (Å²) < 4.78 is 0. The lowest BCUT2D eigenvalue weighted by Crippen LogP contribution is -2.43. The third kappa shape index (κ3) is 4.60. The smallest absolute Gasteiger partial charge is 0.238 e. The Morgan fingerprint density at radius 1 is 1.33 bits per heavy atom. The van der Waals surface area contributed by atoms with Crippen LogP contribution in [-0.2, 0) is 4.79 Å². The minimum absolute atomic E-state index is 0.0419. The molecule has 1 aliphatic carbocycles. The number of carbonyl (C=O) groups is 1. The quantitative estimate of drug-likeness (QED) is 0.857. The van der Waals surface area contributed by atoms with Crippen molar-refractivity contribution in [2.45, 2.75) is 51.6 Å². The van der Waals surface area contributed by atoms with Gasteiger partial charge in [-0.2, -0.15) is 0 Å². The Bertz CT molecular complexity index is 499. The Morgan fingerprint density at radius 3 is 2.62 bits per heavy atom. The molecular weight excluding hydrogens is 307 g/mol.